The molecule has 4 rings (SSSR count). The molecule has 0 radical (unpaired) electrons. The highest BCUT2D eigenvalue weighted by atomic mass is 32.2. The number of sulfonamides is 1. The number of aliphatic imine (C=N–C) groups is 1. The van der Waals surface area contributed by atoms with Crippen molar-refractivity contribution in [1.29, 1.82) is 0 Å². The van der Waals surface area contributed by atoms with Crippen LogP contribution in [-0.2, 0) is 10.0 Å². The fraction of sp³-hybridized carbons (Fsp3) is 0.136. The minimum Gasteiger partial charge on any atom is -0.459 e. The van der Waals surface area contributed by atoms with E-state index in [9.17, 15) is 18.0 Å². The number of rotatable bonds is 6. The van der Waals surface area contributed by atoms with Gasteiger partial charge in [0.2, 0.25) is 0 Å². The lowest BCUT2D eigenvalue weighted by molar-refractivity contribution is 0.0996. The summed E-state index contributed by atoms with van der Waals surface area (Å²) in [5.74, 6) is -0.467. The number of hydrogen-bond donors (Lipinski definition) is 3. The Morgan fingerprint density at radius 2 is 1.78 bits per heavy atom. The molecule has 1 aliphatic rings. The number of carbonyl (C=O) groups is 2. The molecule has 32 heavy (non-hydrogen) atoms. The second-order valence-corrected chi connectivity index (χ2v) is 8.68. The molecular formula is C22H20N4O5S. The zero-order valence-electron chi connectivity index (χ0n) is 16.9. The summed E-state index contributed by atoms with van der Waals surface area (Å²) in [4.78, 5) is 29.3. The Balaban J connectivity index is 1.51. The number of anilines is 2. The average Bonchev–Trinajstić information content (AvgIpc) is 3.48. The molecule has 0 saturated heterocycles. The van der Waals surface area contributed by atoms with E-state index in [1.54, 1.807) is 36.4 Å². The number of amidine groups is 1. The molecule has 10 heteroatoms. The van der Waals surface area contributed by atoms with Gasteiger partial charge in [-0.2, -0.15) is 0 Å². The lowest BCUT2D eigenvalue weighted by Crippen LogP contribution is -2.29. The first-order chi connectivity index (χ1) is 15.4. The van der Waals surface area contributed by atoms with E-state index in [-0.39, 0.29) is 21.9 Å². The monoisotopic (exact) mass is 452 g/mol. The molecule has 0 bridgehead atoms. The quantitative estimate of drug-likeness (QED) is 0.529. The van der Waals surface area contributed by atoms with Crippen LogP contribution in [0.4, 0.5) is 11.4 Å². The molecule has 1 aliphatic heterocycles. The van der Waals surface area contributed by atoms with Gasteiger partial charge >= 0.3 is 0 Å². The summed E-state index contributed by atoms with van der Waals surface area (Å²) in [5, 5.41) is 5.32. The maximum Gasteiger partial charge on any atom is 0.291 e. The summed E-state index contributed by atoms with van der Waals surface area (Å²) in [6, 6.07) is 15.5. The SMILES string of the molecule is O=C(Nc1ccccc1C(=O)Nc1cccc(S(=O)(=O)NC2=NCCC2)c1)c1ccco1. The number of carbonyl (C=O) groups excluding carboxylic acids is 2. The molecule has 0 atom stereocenters. The summed E-state index contributed by atoms with van der Waals surface area (Å²) in [6.07, 6.45) is 2.77. The number of nitrogens with zero attached hydrogens (tertiary/aromatic N) is 1. The molecule has 0 saturated carbocycles. The summed E-state index contributed by atoms with van der Waals surface area (Å²) < 4.78 is 32.8. The normalized spacial score (nSPS) is 13.3. The van der Waals surface area contributed by atoms with E-state index in [1.807, 2.05) is 0 Å². The molecule has 2 heterocycles. The predicted molar refractivity (Wildman–Crippen MR) is 119 cm³/mol. The first-order valence-corrected chi connectivity index (χ1v) is 11.3. The summed E-state index contributed by atoms with van der Waals surface area (Å²) >= 11 is 0. The van der Waals surface area contributed by atoms with Crippen molar-refractivity contribution >= 4 is 39.0 Å². The molecule has 0 aliphatic carbocycles. The van der Waals surface area contributed by atoms with Crippen LogP contribution in [0.25, 0.3) is 0 Å². The predicted octanol–water partition coefficient (Wildman–Crippen LogP) is 3.25. The van der Waals surface area contributed by atoms with E-state index < -0.39 is 21.8 Å². The van der Waals surface area contributed by atoms with Crippen molar-refractivity contribution in [3.63, 3.8) is 0 Å². The van der Waals surface area contributed by atoms with Gasteiger partial charge in [-0.15, -0.1) is 0 Å². The number of amides is 2. The first-order valence-electron chi connectivity index (χ1n) is 9.84. The van der Waals surface area contributed by atoms with Crippen molar-refractivity contribution in [2.24, 2.45) is 4.99 Å². The van der Waals surface area contributed by atoms with Crippen molar-refractivity contribution in [3.8, 4) is 0 Å². The van der Waals surface area contributed by atoms with E-state index in [0.29, 0.717) is 24.5 Å². The molecule has 2 amide bonds. The second kappa shape index (κ2) is 9.06. The van der Waals surface area contributed by atoms with Crippen LogP contribution in [0.15, 0.2) is 81.2 Å². The van der Waals surface area contributed by atoms with Gasteiger partial charge in [0, 0.05) is 18.7 Å². The third-order valence-electron chi connectivity index (χ3n) is 4.69. The fourth-order valence-corrected chi connectivity index (χ4v) is 4.29. The van der Waals surface area contributed by atoms with Gasteiger partial charge in [-0.1, -0.05) is 18.2 Å². The average molecular weight is 452 g/mol. The molecular weight excluding hydrogens is 432 g/mol. The van der Waals surface area contributed by atoms with Crippen LogP contribution in [-0.4, -0.2) is 32.6 Å². The Labute approximate surface area is 184 Å². The molecule has 164 valence electrons. The van der Waals surface area contributed by atoms with Gasteiger partial charge in [-0.05, 0) is 48.9 Å². The van der Waals surface area contributed by atoms with Gasteiger partial charge in [-0.3, -0.25) is 19.3 Å². The maximum absolute atomic E-state index is 12.9. The summed E-state index contributed by atoms with van der Waals surface area (Å²) in [6.45, 7) is 0.601. The molecule has 3 aromatic rings. The lowest BCUT2D eigenvalue weighted by Gasteiger charge is -2.12. The molecule has 9 nitrogen and oxygen atoms in total. The molecule has 1 aromatic heterocycles. The van der Waals surface area contributed by atoms with Gasteiger partial charge in [-0.25, -0.2) is 8.42 Å². The largest absolute Gasteiger partial charge is 0.459 e. The van der Waals surface area contributed by atoms with Crippen molar-refractivity contribution in [1.82, 2.24) is 4.72 Å². The summed E-state index contributed by atoms with van der Waals surface area (Å²) in [5.41, 5.74) is 0.786. The van der Waals surface area contributed by atoms with Crippen LogP contribution in [0.3, 0.4) is 0 Å². The van der Waals surface area contributed by atoms with Crippen LogP contribution < -0.4 is 15.4 Å². The highest BCUT2D eigenvalue weighted by Gasteiger charge is 2.20. The Morgan fingerprint density at radius 3 is 2.53 bits per heavy atom. The van der Waals surface area contributed by atoms with Crippen molar-refractivity contribution in [2.45, 2.75) is 17.7 Å². The van der Waals surface area contributed by atoms with E-state index in [1.165, 1.54) is 30.5 Å². The van der Waals surface area contributed by atoms with Crippen LogP contribution in [0.5, 0.6) is 0 Å². The molecule has 0 fully saturated rings. The van der Waals surface area contributed by atoms with Gasteiger partial charge in [0.05, 0.1) is 22.4 Å². The summed E-state index contributed by atoms with van der Waals surface area (Å²) in [7, 11) is -3.82. The second-order valence-electron chi connectivity index (χ2n) is 7.00. The van der Waals surface area contributed by atoms with Gasteiger partial charge in [0.25, 0.3) is 21.8 Å². The van der Waals surface area contributed by atoms with Crippen LogP contribution >= 0.6 is 0 Å². The van der Waals surface area contributed by atoms with E-state index >= 15 is 0 Å². The van der Waals surface area contributed by atoms with Crippen molar-refractivity contribution in [2.75, 3.05) is 17.2 Å². The minimum atomic E-state index is -3.82. The van der Waals surface area contributed by atoms with Crippen LogP contribution in [0.2, 0.25) is 0 Å². The van der Waals surface area contributed by atoms with Crippen molar-refractivity contribution < 1.29 is 22.4 Å². The minimum absolute atomic E-state index is 0.00399. The highest BCUT2D eigenvalue weighted by Crippen LogP contribution is 2.21. The molecule has 3 N–H and O–H groups in total. The van der Waals surface area contributed by atoms with Crippen LogP contribution in [0, 0.1) is 0 Å². The molecule has 0 unspecified atom stereocenters. The Hall–Kier alpha value is -3.92. The number of nitrogens with one attached hydrogen (secondary N) is 3. The topological polar surface area (TPSA) is 130 Å². The van der Waals surface area contributed by atoms with Crippen molar-refractivity contribution in [3.05, 3.63) is 78.3 Å². The molecule has 0 spiro atoms. The number of hydrogen-bond acceptors (Lipinski definition) is 6. The smallest absolute Gasteiger partial charge is 0.291 e. The Bertz CT molecular complexity index is 1280. The zero-order valence-corrected chi connectivity index (χ0v) is 17.7. The standard InChI is InChI=1S/C22H20N4O5S/c27-21(17-8-1-2-9-18(17)25-22(28)19-10-5-13-31-19)24-15-6-3-7-16(14-15)32(29,30)26-20-11-4-12-23-20/h1-3,5-10,13-14H,4,11-12H2,(H,23,26)(H,24,27)(H,25,28). The Kier molecular flexibility index (Phi) is 6.04. The van der Waals surface area contributed by atoms with E-state index in [2.05, 4.69) is 20.3 Å². The zero-order chi connectivity index (χ0) is 22.6. The van der Waals surface area contributed by atoms with Gasteiger partial charge < -0.3 is 15.1 Å². The van der Waals surface area contributed by atoms with Gasteiger partial charge in [0.15, 0.2) is 5.76 Å². The highest BCUT2D eigenvalue weighted by molar-refractivity contribution is 7.90. The van der Waals surface area contributed by atoms with Gasteiger partial charge in [0.1, 0.15) is 5.84 Å². The number of furan rings is 1. The first kappa shape index (κ1) is 21.3. The Morgan fingerprint density at radius 1 is 0.938 bits per heavy atom. The third kappa shape index (κ3) is 4.86. The molecule has 2 aromatic carbocycles. The van der Waals surface area contributed by atoms with E-state index in [0.717, 1.165) is 6.42 Å². The maximum atomic E-state index is 12.9. The number of benzene rings is 2. The third-order valence-corrected chi connectivity index (χ3v) is 6.07. The lowest BCUT2D eigenvalue weighted by atomic mass is 10.1. The fourth-order valence-electron chi connectivity index (χ4n) is 3.16. The van der Waals surface area contributed by atoms with E-state index in [4.69, 9.17) is 4.42 Å². The van der Waals surface area contributed by atoms with Crippen LogP contribution in [0.1, 0.15) is 33.8 Å². The number of para-hydroxylation sites is 1.